The van der Waals surface area contributed by atoms with Crippen LogP contribution in [-0.4, -0.2) is 25.3 Å². The summed E-state index contributed by atoms with van der Waals surface area (Å²) in [6.45, 7) is 6.51. The van der Waals surface area contributed by atoms with Gasteiger partial charge in [-0.1, -0.05) is 20.8 Å². The monoisotopic (exact) mass is 186 g/mol. The maximum atomic E-state index is 10.9. The maximum absolute atomic E-state index is 10.9. The maximum Gasteiger partial charge on any atom is 0.308 e. The molecule has 1 aliphatic heterocycles. The molecule has 2 atom stereocenters. The quantitative estimate of drug-likeness (QED) is 0.498. The average molecular weight is 186 g/mol. The fourth-order valence-corrected chi connectivity index (χ4v) is 1.39. The van der Waals surface area contributed by atoms with Crippen LogP contribution in [0.4, 0.5) is 0 Å². The van der Waals surface area contributed by atoms with Crippen molar-refractivity contribution < 1.29 is 14.3 Å². The number of esters is 1. The largest absolute Gasteiger partial charge is 0.469 e. The summed E-state index contributed by atoms with van der Waals surface area (Å²) in [4.78, 5) is 10.9. The minimum atomic E-state index is -0.179. The zero-order valence-corrected chi connectivity index (χ0v) is 8.79. The number of carbonyl (C=O) groups excluding carboxylic acids is 1. The molecule has 1 saturated heterocycles. The molecule has 0 N–H and O–H groups in total. The summed E-state index contributed by atoms with van der Waals surface area (Å²) in [6, 6.07) is 0. The van der Waals surface area contributed by atoms with Crippen LogP contribution in [0.15, 0.2) is 0 Å². The minimum absolute atomic E-state index is 0.103. The summed E-state index contributed by atoms with van der Waals surface area (Å²) in [5, 5.41) is 0. The lowest BCUT2D eigenvalue weighted by Gasteiger charge is -2.15. The molecule has 0 aromatic heterocycles. The highest BCUT2D eigenvalue weighted by molar-refractivity contribution is 5.70. The molecule has 1 rings (SSSR count). The fourth-order valence-electron chi connectivity index (χ4n) is 1.39. The number of methoxy groups -OCH3 is 1. The first kappa shape index (κ1) is 10.5. The van der Waals surface area contributed by atoms with E-state index in [1.165, 1.54) is 7.11 Å². The molecule has 13 heavy (non-hydrogen) atoms. The molecule has 0 amide bonds. The zero-order valence-electron chi connectivity index (χ0n) is 8.79. The predicted octanol–water partition coefficient (Wildman–Crippen LogP) is 1.75. The molecule has 0 bridgehead atoms. The van der Waals surface area contributed by atoms with Gasteiger partial charge in [0.1, 0.15) is 0 Å². The number of carbonyl (C=O) groups is 1. The molecule has 0 aromatic carbocycles. The molecule has 0 aromatic rings. The van der Waals surface area contributed by atoms with Crippen LogP contribution < -0.4 is 0 Å². The molecule has 1 aliphatic rings. The van der Waals surface area contributed by atoms with Gasteiger partial charge in [0.2, 0.25) is 0 Å². The van der Waals surface area contributed by atoms with Crippen molar-refractivity contribution in [3.63, 3.8) is 0 Å². The first-order valence-electron chi connectivity index (χ1n) is 4.64. The van der Waals surface area contributed by atoms with E-state index in [1.54, 1.807) is 0 Å². The summed E-state index contributed by atoms with van der Waals surface area (Å²) in [7, 11) is 1.41. The van der Waals surface area contributed by atoms with Gasteiger partial charge in [0, 0.05) is 0 Å². The van der Waals surface area contributed by atoms with Gasteiger partial charge < -0.3 is 9.47 Å². The third-order valence-electron chi connectivity index (χ3n) is 2.10. The van der Waals surface area contributed by atoms with Crippen molar-refractivity contribution >= 4 is 5.97 Å². The Morgan fingerprint density at radius 3 is 2.46 bits per heavy atom. The first-order valence-corrected chi connectivity index (χ1v) is 4.64. The van der Waals surface area contributed by atoms with Crippen molar-refractivity contribution in [1.29, 1.82) is 0 Å². The fraction of sp³-hybridized carbons (Fsp3) is 0.900. The Labute approximate surface area is 79.4 Å². The van der Waals surface area contributed by atoms with Crippen molar-refractivity contribution in [3.05, 3.63) is 0 Å². The molecule has 0 spiro atoms. The zero-order chi connectivity index (χ0) is 10.1. The smallest absolute Gasteiger partial charge is 0.308 e. The van der Waals surface area contributed by atoms with E-state index in [0.29, 0.717) is 6.42 Å². The lowest BCUT2D eigenvalue weighted by molar-refractivity contribution is -0.140. The third-order valence-corrected chi connectivity index (χ3v) is 2.10. The molecule has 3 nitrogen and oxygen atoms in total. The van der Waals surface area contributed by atoms with E-state index in [2.05, 4.69) is 25.5 Å². The van der Waals surface area contributed by atoms with Crippen molar-refractivity contribution in [2.45, 2.75) is 45.8 Å². The molecule has 1 heterocycles. The van der Waals surface area contributed by atoms with E-state index in [-0.39, 0.29) is 23.6 Å². The van der Waals surface area contributed by atoms with Gasteiger partial charge >= 0.3 is 5.97 Å². The summed E-state index contributed by atoms with van der Waals surface area (Å²) < 4.78 is 9.93. The second-order valence-corrected chi connectivity index (χ2v) is 4.76. The highest BCUT2D eigenvalue weighted by atomic mass is 16.6. The van der Waals surface area contributed by atoms with E-state index >= 15 is 0 Å². The van der Waals surface area contributed by atoms with Crippen molar-refractivity contribution in [1.82, 2.24) is 0 Å². The van der Waals surface area contributed by atoms with Gasteiger partial charge in [-0.05, 0) is 11.8 Å². The number of hydrogen-bond donors (Lipinski definition) is 0. The van der Waals surface area contributed by atoms with Gasteiger partial charge in [-0.25, -0.2) is 0 Å². The van der Waals surface area contributed by atoms with Gasteiger partial charge in [-0.15, -0.1) is 0 Å². The van der Waals surface area contributed by atoms with E-state index < -0.39 is 0 Å². The van der Waals surface area contributed by atoms with E-state index in [4.69, 9.17) is 4.74 Å². The van der Waals surface area contributed by atoms with E-state index in [0.717, 1.165) is 6.42 Å². The van der Waals surface area contributed by atoms with Crippen molar-refractivity contribution in [2.75, 3.05) is 7.11 Å². The van der Waals surface area contributed by atoms with Gasteiger partial charge in [0.25, 0.3) is 0 Å². The second-order valence-electron chi connectivity index (χ2n) is 4.76. The highest BCUT2D eigenvalue weighted by Crippen LogP contribution is 2.35. The molecule has 76 valence electrons. The minimum Gasteiger partial charge on any atom is -0.469 e. The Hall–Kier alpha value is -0.570. The Bertz CT molecular complexity index is 193. The number of hydrogen-bond acceptors (Lipinski definition) is 3. The number of ether oxygens (including phenoxy) is 2. The van der Waals surface area contributed by atoms with Crippen molar-refractivity contribution in [2.24, 2.45) is 5.41 Å². The van der Waals surface area contributed by atoms with Crippen LogP contribution in [0, 0.1) is 5.41 Å². The number of epoxide rings is 1. The second kappa shape index (κ2) is 3.66. The molecule has 2 unspecified atom stereocenters. The van der Waals surface area contributed by atoms with Crippen LogP contribution in [0.3, 0.4) is 0 Å². The van der Waals surface area contributed by atoms with Crippen LogP contribution in [0.25, 0.3) is 0 Å². The summed E-state index contributed by atoms with van der Waals surface area (Å²) in [5.74, 6) is -0.179. The molecule has 0 radical (unpaired) electrons. The average Bonchev–Trinajstić information content (AvgIpc) is 2.64. The Kier molecular flexibility index (Phi) is 2.96. The van der Waals surface area contributed by atoms with Crippen molar-refractivity contribution in [3.8, 4) is 0 Å². The summed E-state index contributed by atoms with van der Waals surface area (Å²) in [6.07, 6.45) is 1.78. The molecular weight excluding hydrogens is 168 g/mol. The topological polar surface area (TPSA) is 38.8 Å². The lowest BCUT2D eigenvalue weighted by Crippen LogP contribution is -2.12. The van der Waals surface area contributed by atoms with Crippen LogP contribution in [0.5, 0.6) is 0 Å². The molecule has 0 aliphatic carbocycles. The van der Waals surface area contributed by atoms with Gasteiger partial charge in [-0.3, -0.25) is 4.79 Å². The Balaban J connectivity index is 2.20. The van der Waals surface area contributed by atoms with E-state index in [1.807, 2.05) is 0 Å². The van der Waals surface area contributed by atoms with Crippen LogP contribution >= 0.6 is 0 Å². The predicted molar refractivity (Wildman–Crippen MR) is 49.4 cm³/mol. The molecule has 0 saturated carbocycles. The molecular formula is C10H18O3. The Morgan fingerprint density at radius 2 is 2.00 bits per heavy atom. The first-order chi connectivity index (χ1) is 5.92. The van der Waals surface area contributed by atoms with Gasteiger partial charge in [-0.2, -0.15) is 0 Å². The molecule has 3 heteroatoms. The van der Waals surface area contributed by atoms with Crippen LogP contribution in [-0.2, 0) is 14.3 Å². The Morgan fingerprint density at radius 1 is 1.38 bits per heavy atom. The SMILES string of the molecule is COC(=O)CC1OC1CC(C)(C)C. The van der Waals surface area contributed by atoms with E-state index in [9.17, 15) is 4.79 Å². The lowest BCUT2D eigenvalue weighted by atomic mass is 9.89. The number of rotatable bonds is 3. The van der Waals surface area contributed by atoms with Gasteiger partial charge in [0.05, 0.1) is 25.7 Å². The molecule has 1 fully saturated rings. The van der Waals surface area contributed by atoms with Crippen LogP contribution in [0.2, 0.25) is 0 Å². The highest BCUT2D eigenvalue weighted by Gasteiger charge is 2.42. The van der Waals surface area contributed by atoms with Crippen LogP contribution in [0.1, 0.15) is 33.6 Å². The normalized spacial score (nSPS) is 27.1. The standard InChI is InChI=1S/C10H18O3/c1-10(2,3)6-8-7(13-8)5-9(11)12-4/h7-8H,5-6H2,1-4H3. The third kappa shape index (κ3) is 3.77. The van der Waals surface area contributed by atoms with Gasteiger partial charge in [0.15, 0.2) is 0 Å². The summed E-state index contributed by atoms with van der Waals surface area (Å²) in [5.41, 5.74) is 0.273. The summed E-state index contributed by atoms with van der Waals surface area (Å²) >= 11 is 0.